The minimum atomic E-state index is -0.00593. The van der Waals surface area contributed by atoms with Gasteiger partial charge in [-0.2, -0.15) is 0 Å². The van der Waals surface area contributed by atoms with Crippen molar-refractivity contribution in [3.05, 3.63) is 107 Å². The number of aromatic nitrogens is 2. The second-order valence-electron chi connectivity index (χ2n) is 6.29. The molecule has 0 spiro atoms. The van der Waals surface area contributed by atoms with E-state index < -0.39 is 0 Å². The average Bonchev–Trinajstić information content (AvgIpc) is 3.00. The zero-order valence-electron chi connectivity index (χ0n) is 15.3. The number of hydrogen-bond donors (Lipinski definition) is 0. The molecule has 0 saturated heterocycles. The number of benzene rings is 3. The highest BCUT2D eigenvalue weighted by molar-refractivity contribution is 8.14. The molecule has 3 aromatic carbocycles. The predicted molar refractivity (Wildman–Crippen MR) is 117 cm³/mol. The Balaban J connectivity index is 1.91. The summed E-state index contributed by atoms with van der Waals surface area (Å²) in [6, 6.07) is 29.3. The van der Waals surface area contributed by atoms with Crippen LogP contribution in [0.2, 0.25) is 0 Å². The number of carbonyl (C=O) groups excluding carboxylic acids is 1. The third kappa shape index (κ3) is 3.46. The molecule has 28 heavy (non-hydrogen) atoms. The zero-order chi connectivity index (χ0) is 19.5. The van der Waals surface area contributed by atoms with Crippen molar-refractivity contribution in [2.75, 3.05) is 0 Å². The van der Waals surface area contributed by atoms with Gasteiger partial charge in [0.2, 0.25) is 5.12 Å². The summed E-state index contributed by atoms with van der Waals surface area (Å²) in [7, 11) is 0. The van der Waals surface area contributed by atoms with Crippen molar-refractivity contribution in [2.24, 2.45) is 0 Å². The number of thioether (sulfide) groups is 1. The first-order valence-electron chi connectivity index (χ1n) is 8.89. The molecular weight excluding hydrogens is 384 g/mol. The third-order valence-electron chi connectivity index (χ3n) is 4.43. The highest BCUT2D eigenvalue weighted by atomic mass is 32.2. The molecule has 0 bridgehead atoms. The lowest BCUT2D eigenvalue weighted by molar-refractivity contribution is 0.108. The Morgan fingerprint density at radius 2 is 1.21 bits per heavy atom. The number of carbonyl (C=O) groups is 1. The van der Waals surface area contributed by atoms with E-state index in [4.69, 9.17) is 12.2 Å². The van der Waals surface area contributed by atoms with E-state index in [1.165, 1.54) is 11.8 Å². The first-order chi connectivity index (χ1) is 13.7. The number of para-hydroxylation sites is 2. The van der Waals surface area contributed by atoms with Gasteiger partial charge in [0.25, 0.3) is 0 Å². The Morgan fingerprint density at radius 1 is 0.750 bits per heavy atom. The second-order valence-corrected chi connectivity index (χ2v) is 7.63. The fourth-order valence-electron chi connectivity index (χ4n) is 3.04. The molecule has 0 N–H and O–H groups in total. The van der Waals surface area contributed by atoms with Crippen molar-refractivity contribution in [3.8, 4) is 11.4 Å². The fourth-order valence-corrected chi connectivity index (χ4v) is 4.34. The van der Waals surface area contributed by atoms with Crippen LogP contribution >= 0.6 is 24.0 Å². The molecule has 0 fully saturated rings. The van der Waals surface area contributed by atoms with Gasteiger partial charge in [-0.05, 0) is 43.0 Å². The van der Waals surface area contributed by atoms with E-state index in [-0.39, 0.29) is 5.12 Å². The van der Waals surface area contributed by atoms with Crippen molar-refractivity contribution in [1.29, 1.82) is 0 Å². The Morgan fingerprint density at radius 3 is 1.75 bits per heavy atom. The van der Waals surface area contributed by atoms with E-state index in [1.807, 2.05) is 107 Å². The Bertz CT molecular complexity index is 1160. The van der Waals surface area contributed by atoms with Crippen LogP contribution in [0.3, 0.4) is 0 Å². The highest BCUT2D eigenvalue weighted by Crippen LogP contribution is 2.32. The molecular formula is C23H18N2OS2. The first-order valence-corrected chi connectivity index (χ1v) is 10.1. The lowest BCUT2D eigenvalue weighted by Gasteiger charge is -2.15. The van der Waals surface area contributed by atoms with Crippen molar-refractivity contribution in [2.45, 2.75) is 11.9 Å². The van der Waals surface area contributed by atoms with Gasteiger partial charge in [-0.15, -0.1) is 0 Å². The van der Waals surface area contributed by atoms with Gasteiger partial charge in [-0.3, -0.25) is 4.79 Å². The van der Waals surface area contributed by atoms with Crippen LogP contribution in [0.5, 0.6) is 0 Å². The highest BCUT2D eigenvalue weighted by Gasteiger charge is 2.21. The molecule has 0 radical (unpaired) electrons. The summed E-state index contributed by atoms with van der Waals surface area (Å²) in [5.41, 5.74) is 3.49. The van der Waals surface area contributed by atoms with Crippen LogP contribution in [0.25, 0.3) is 11.4 Å². The Hall–Kier alpha value is -2.89. The molecule has 3 nitrogen and oxygen atoms in total. The Kier molecular flexibility index (Phi) is 5.28. The van der Waals surface area contributed by atoms with Crippen molar-refractivity contribution in [3.63, 3.8) is 0 Å². The zero-order valence-corrected chi connectivity index (χ0v) is 16.9. The summed E-state index contributed by atoms with van der Waals surface area (Å²) in [6.45, 7) is 1.97. The average molecular weight is 403 g/mol. The van der Waals surface area contributed by atoms with Gasteiger partial charge < -0.3 is 0 Å². The summed E-state index contributed by atoms with van der Waals surface area (Å²) in [6.07, 6.45) is 0. The molecule has 4 aromatic rings. The molecule has 138 valence electrons. The lowest BCUT2D eigenvalue weighted by atomic mass is 10.2. The maximum atomic E-state index is 12.9. The molecule has 0 aliphatic carbocycles. The largest absolute Gasteiger partial charge is 0.281 e. The van der Waals surface area contributed by atoms with Crippen LogP contribution in [-0.4, -0.2) is 14.5 Å². The maximum Gasteiger partial charge on any atom is 0.225 e. The minimum Gasteiger partial charge on any atom is -0.281 e. The lowest BCUT2D eigenvalue weighted by Crippen LogP contribution is -2.11. The Labute approximate surface area is 173 Å². The van der Waals surface area contributed by atoms with Crippen molar-refractivity contribution >= 4 is 29.1 Å². The number of hydrogen-bond acceptors (Lipinski definition) is 3. The van der Waals surface area contributed by atoms with Gasteiger partial charge >= 0.3 is 0 Å². The topological polar surface area (TPSA) is 26.9 Å². The van der Waals surface area contributed by atoms with Crippen LogP contribution in [0.1, 0.15) is 15.9 Å². The van der Waals surface area contributed by atoms with E-state index in [0.717, 1.165) is 22.0 Å². The van der Waals surface area contributed by atoms with Gasteiger partial charge in [0.05, 0.1) is 11.4 Å². The molecule has 4 rings (SSSR count). The van der Waals surface area contributed by atoms with Gasteiger partial charge in [0.15, 0.2) is 0 Å². The van der Waals surface area contributed by atoms with Crippen molar-refractivity contribution in [1.82, 2.24) is 9.36 Å². The van der Waals surface area contributed by atoms with Gasteiger partial charge in [0, 0.05) is 11.1 Å². The summed E-state index contributed by atoms with van der Waals surface area (Å²) in [5.74, 6) is 0. The van der Waals surface area contributed by atoms with E-state index >= 15 is 0 Å². The van der Waals surface area contributed by atoms with Crippen LogP contribution in [0.15, 0.2) is 96.0 Å². The third-order valence-corrected chi connectivity index (χ3v) is 6.00. The molecule has 1 aromatic heterocycles. The van der Waals surface area contributed by atoms with E-state index in [9.17, 15) is 4.79 Å². The smallest absolute Gasteiger partial charge is 0.225 e. The summed E-state index contributed by atoms with van der Waals surface area (Å²) in [4.78, 5) is 12.9. The SMILES string of the molecule is Cc1c(SC(=O)c2ccccc2)n(-c2ccccc2)n(-c2ccccc2)c1=S. The maximum absolute atomic E-state index is 12.9. The normalized spacial score (nSPS) is 10.8. The standard InChI is InChI=1S/C23H18N2OS2/c1-17-21(27)24(19-13-7-3-8-14-19)25(20-15-9-4-10-16-20)22(17)28-23(26)18-11-5-2-6-12-18/h2-16H,1H3. The van der Waals surface area contributed by atoms with Crippen molar-refractivity contribution < 1.29 is 4.79 Å². The summed E-state index contributed by atoms with van der Waals surface area (Å²) in [5, 5.41) is 0.822. The van der Waals surface area contributed by atoms with Gasteiger partial charge in [-0.1, -0.05) is 78.9 Å². The molecule has 0 saturated carbocycles. The number of rotatable bonds is 4. The van der Waals surface area contributed by atoms with E-state index in [1.54, 1.807) is 0 Å². The fraction of sp³-hybridized carbons (Fsp3) is 0.0435. The molecule has 0 aliphatic rings. The van der Waals surface area contributed by atoms with Crippen LogP contribution < -0.4 is 0 Å². The van der Waals surface area contributed by atoms with E-state index in [0.29, 0.717) is 10.2 Å². The number of nitrogens with zero attached hydrogens (tertiary/aromatic N) is 2. The molecule has 5 heteroatoms. The predicted octanol–water partition coefficient (Wildman–Crippen LogP) is 6.24. The second kappa shape index (κ2) is 8.00. The molecule has 0 atom stereocenters. The van der Waals surface area contributed by atoms with Crippen LogP contribution in [0.4, 0.5) is 0 Å². The summed E-state index contributed by atoms with van der Waals surface area (Å²) < 4.78 is 4.71. The summed E-state index contributed by atoms with van der Waals surface area (Å²) >= 11 is 6.98. The van der Waals surface area contributed by atoms with E-state index in [2.05, 4.69) is 0 Å². The van der Waals surface area contributed by atoms with Crippen LogP contribution in [-0.2, 0) is 0 Å². The van der Waals surface area contributed by atoms with Gasteiger partial charge in [0.1, 0.15) is 9.67 Å². The monoisotopic (exact) mass is 402 g/mol. The molecule has 1 heterocycles. The molecule has 0 amide bonds. The quantitative estimate of drug-likeness (QED) is 0.299. The molecule has 0 unspecified atom stereocenters. The first kappa shape index (κ1) is 18.5. The van der Waals surface area contributed by atoms with Gasteiger partial charge in [-0.25, -0.2) is 9.36 Å². The molecule has 0 aliphatic heterocycles. The van der Waals surface area contributed by atoms with Crippen LogP contribution in [0, 0.1) is 11.6 Å². The minimum absolute atomic E-state index is 0.00593.